The minimum Gasteiger partial charge on any atom is -0.507 e. The molecule has 1 aromatic heterocycles. The topological polar surface area (TPSA) is 106 Å². The number of aryl methyl sites for hydroxylation is 1. The lowest BCUT2D eigenvalue weighted by molar-refractivity contribution is -0.132. The molecule has 4 rings (SSSR count). The maximum atomic E-state index is 13.3. The summed E-state index contributed by atoms with van der Waals surface area (Å²) < 4.78 is 10.5. The van der Waals surface area contributed by atoms with Crippen molar-refractivity contribution in [2.75, 3.05) is 18.6 Å². The first-order valence-corrected chi connectivity index (χ1v) is 12.8. The second-order valence-electron chi connectivity index (χ2n) is 8.35. The van der Waals surface area contributed by atoms with Crippen LogP contribution in [0, 0.1) is 6.92 Å². The molecule has 2 aromatic carbocycles. The van der Waals surface area contributed by atoms with Gasteiger partial charge < -0.3 is 14.6 Å². The largest absolute Gasteiger partial charge is 0.507 e. The third kappa shape index (κ3) is 5.23. The van der Waals surface area contributed by atoms with Crippen LogP contribution in [0.15, 0.2) is 54.1 Å². The molecule has 2 heterocycles. The van der Waals surface area contributed by atoms with Gasteiger partial charge in [0.05, 0.1) is 31.0 Å². The van der Waals surface area contributed by atoms with Gasteiger partial charge in [0, 0.05) is 10.6 Å². The predicted octanol–water partition coefficient (Wildman–Crippen LogP) is 5.70. The zero-order chi connectivity index (χ0) is 26.7. The Hall–Kier alpha value is -3.69. The maximum Gasteiger partial charge on any atom is 0.350 e. The van der Waals surface area contributed by atoms with Crippen LogP contribution in [0.3, 0.4) is 0 Å². The van der Waals surface area contributed by atoms with Crippen molar-refractivity contribution in [1.29, 1.82) is 0 Å². The van der Waals surface area contributed by atoms with Crippen LogP contribution >= 0.6 is 22.9 Å². The van der Waals surface area contributed by atoms with Crippen LogP contribution in [-0.4, -0.2) is 41.5 Å². The summed E-state index contributed by atoms with van der Waals surface area (Å²) in [5.41, 5.74) is 1.09. The number of aliphatic hydroxyl groups is 1. The molecule has 1 amide bonds. The average Bonchev–Trinajstić information content (AvgIpc) is 3.40. The molecule has 0 bridgehead atoms. The Kier molecular flexibility index (Phi) is 7.94. The Morgan fingerprint density at radius 1 is 1.19 bits per heavy atom. The molecule has 0 aliphatic carbocycles. The number of methoxy groups -OCH3 is 1. The van der Waals surface area contributed by atoms with E-state index in [9.17, 15) is 19.5 Å². The van der Waals surface area contributed by atoms with E-state index in [2.05, 4.69) is 11.9 Å². The van der Waals surface area contributed by atoms with Gasteiger partial charge in [-0.2, -0.15) is 0 Å². The van der Waals surface area contributed by atoms with E-state index in [-0.39, 0.29) is 21.3 Å². The number of thiazole rings is 1. The third-order valence-corrected chi connectivity index (χ3v) is 7.24. The Morgan fingerprint density at radius 2 is 1.92 bits per heavy atom. The number of amides is 1. The van der Waals surface area contributed by atoms with E-state index in [1.54, 1.807) is 55.5 Å². The van der Waals surface area contributed by atoms with Gasteiger partial charge in [0.1, 0.15) is 16.4 Å². The number of carbonyl (C=O) groups is 3. The molecule has 3 aromatic rings. The van der Waals surface area contributed by atoms with Crippen LogP contribution in [0.5, 0.6) is 5.75 Å². The molecule has 0 radical (unpaired) electrons. The standard InChI is InChI=1S/C27H25ClN2O6S/c1-4-5-13-36-19-11-9-16(10-12-19)22(31)20-21(17-7-6-8-18(28)14-17)30(25(33)23(20)32)27-29-15(2)24(37-27)26(34)35-3/h6-12,14,21,31H,4-5,13H2,1-3H3/b22-20+. The van der Waals surface area contributed by atoms with Gasteiger partial charge in [-0.1, -0.05) is 48.4 Å². The van der Waals surface area contributed by atoms with Gasteiger partial charge in [0.15, 0.2) is 5.13 Å². The summed E-state index contributed by atoms with van der Waals surface area (Å²) in [7, 11) is 1.25. The van der Waals surface area contributed by atoms with Crippen molar-refractivity contribution >= 4 is 51.5 Å². The molecule has 1 N–H and O–H groups in total. The van der Waals surface area contributed by atoms with Crippen LogP contribution in [0.2, 0.25) is 5.02 Å². The van der Waals surface area contributed by atoms with E-state index in [4.69, 9.17) is 21.1 Å². The van der Waals surface area contributed by atoms with E-state index in [1.165, 1.54) is 12.0 Å². The molecule has 1 unspecified atom stereocenters. The molecule has 0 saturated carbocycles. The smallest absolute Gasteiger partial charge is 0.350 e. The fourth-order valence-electron chi connectivity index (χ4n) is 3.99. The molecule has 1 atom stereocenters. The highest BCUT2D eigenvalue weighted by molar-refractivity contribution is 7.17. The number of anilines is 1. The average molecular weight is 541 g/mol. The monoisotopic (exact) mass is 540 g/mol. The van der Waals surface area contributed by atoms with E-state index in [0.29, 0.717) is 34.2 Å². The van der Waals surface area contributed by atoms with Gasteiger partial charge in [-0.15, -0.1) is 0 Å². The molecule has 0 spiro atoms. The van der Waals surface area contributed by atoms with Crippen molar-refractivity contribution < 1.29 is 29.0 Å². The van der Waals surface area contributed by atoms with Gasteiger partial charge in [-0.25, -0.2) is 9.78 Å². The van der Waals surface area contributed by atoms with Gasteiger partial charge in [-0.3, -0.25) is 14.5 Å². The van der Waals surface area contributed by atoms with Gasteiger partial charge >= 0.3 is 11.9 Å². The third-order valence-electron chi connectivity index (χ3n) is 5.87. The van der Waals surface area contributed by atoms with Crippen molar-refractivity contribution in [1.82, 2.24) is 4.98 Å². The van der Waals surface area contributed by atoms with Gasteiger partial charge in [0.25, 0.3) is 5.78 Å². The minimum absolute atomic E-state index is 0.112. The molecular weight excluding hydrogens is 516 g/mol. The summed E-state index contributed by atoms with van der Waals surface area (Å²) in [5, 5.41) is 11.8. The zero-order valence-corrected chi connectivity index (χ0v) is 22.1. The van der Waals surface area contributed by atoms with Crippen LogP contribution in [-0.2, 0) is 14.3 Å². The predicted molar refractivity (Wildman–Crippen MR) is 141 cm³/mol. The summed E-state index contributed by atoms with van der Waals surface area (Å²) in [6.45, 7) is 4.25. The first-order valence-electron chi connectivity index (χ1n) is 11.6. The molecule has 1 aliphatic rings. The lowest BCUT2D eigenvalue weighted by atomic mass is 9.95. The number of nitrogens with zero attached hydrogens (tertiary/aromatic N) is 2. The van der Waals surface area contributed by atoms with E-state index >= 15 is 0 Å². The summed E-state index contributed by atoms with van der Waals surface area (Å²) in [6, 6.07) is 12.3. The molecule has 1 aliphatic heterocycles. The Labute approximate surface area is 223 Å². The summed E-state index contributed by atoms with van der Waals surface area (Å²) >= 11 is 7.17. The highest BCUT2D eigenvalue weighted by Gasteiger charge is 2.48. The lowest BCUT2D eigenvalue weighted by Crippen LogP contribution is -2.29. The van der Waals surface area contributed by atoms with Crippen molar-refractivity contribution in [3.8, 4) is 5.75 Å². The Bertz CT molecular complexity index is 1380. The highest BCUT2D eigenvalue weighted by Crippen LogP contribution is 2.44. The molecular formula is C27H25ClN2O6S. The second kappa shape index (κ2) is 11.1. The molecule has 37 heavy (non-hydrogen) atoms. The number of hydrogen-bond donors (Lipinski definition) is 1. The van der Waals surface area contributed by atoms with Crippen molar-refractivity contribution in [2.24, 2.45) is 0 Å². The highest BCUT2D eigenvalue weighted by atomic mass is 35.5. The Balaban J connectivity index is 1.82. The van der Waals surface area contributed by atoms with E-state index in [1.807, 2.05) is 0 Å². The van der Waals surface area contributed by atoms with Crippen LogP contribution in [0.4, 0.5) is 5.13 Å². The first-order chi connectivity index (χ1) is 17.8. The number of ketones is 1. The number of unbranched alkanes of at least 4 members (excludes halogenated alkanes) is 1. The van der Waals surface area contributed by atoms with Crippen molar-refractivity contribution in [3.05, 3.63) is 80.8 Å². The summed E-state index contributed by atoms with van der Waals surface area (Å²) in [6.07, 6.45) is 1.92. The number of hydrogen-bond acceptors (Lipinski definition) is 8. The first kappa shape index (κ1) is 26.4. The fraction of sp³-hybridized carbons (Fsp3) is 0.259. The number of halogens is 1. The second-order valence-corrected chi connectivity index (χ2v) is 9.77. The van der Waals surface area contributed by atoms with Crippen LogP contribution < -0.4 is 9.64 Å². The molecule has 1 saturated heterocycles. The van der Waals surface area contributed by atoms with Crippen LogP contribution in [0.1, 0.15) is 52.3 Å². The quantitative estimate of drug-likeness (QED) is 0.128. The normalized spacial score (nSPS) is 16.8. The van der Waals surface area contributed by atoms with Crippen molar-refractivity contribution in [3.63, 3.8) is 0 Å². The number of carbonyl (C=O) groups excluding carboxylic acids is 3. The minimum atomic E-state index is -1.02. The SMILES string of the molecule is CCCCOc1ccc(/C(O)=C2\C(=O)C(=O)N(c3nc(C)c(C(=O)OC)s3)C2c2cccc(Cl)c2)cc1. The fourth-order valence-corrected chi connectivity index (χ4v) is 5.20. The molecule has 192 valence electrons. The van der Waals surface area contributed by atoms with E-state index in [0.717, 1.165) is 24.2 Å². The molecule has 10 heteroatoms. The molecule has 1 fully saturated rings. The van der Waals surface area contributed by atoms with Crippen molar-refractivity contribution in [2.45, 2.75) is 32.7 Å². The van der Waals surface area contributed by atoms with Gasteiger partial charge in [0.2, 0.25) is 0 Å². The number of benzene rings is 2. The van der Waals surface area contributed by atoms with Crippen LogP contribution in [0.25, 0.3) is 5.76 Å². The number of rotatable bonds is 8. The summed E-state index contributed by atoms with van der Waals surface area (Å²) in [5.74, 6) is -2.06. The maximum absolute atomic E-state index is 13.3. The lowest BCUT2D eigenvalue weighted by Gasteiger charge is -2.23. The zero-order valence-electron chi connectivity index (χ0n) is 20.5. The number of esters is 1. The number of ether oxygens (including phenoxy) is 2. The number of aliphatic hydroxyl groups excluding tert-OH is 1. The van der Waals surface area contributed by atoms with E-state index < -0.39 is 23.7 Å². The molecule has 8 nitrogen and oxygen atoms in total. The Morgan fingerprint density at radius 3 is 2.57 bits per heavy atom. The summed E-state index contributed by atoms with van der Waals surface area (Å²) in [4.78, 5) is 44.6. The number of aromatic nitrogens is 1. The number of Topliss-reactive ketones (excluding diaryl/α,β-unsaturated/α-hetero) is 1. The van der Waals surface area contributed by atoms with Gasteiger partial charge in [-0.05, 0) is 55.3 Å².